The lowest BCUT2D eigenvalue weighted by molar-refractivity contribution is 0.0596. The molecule has 6 heteroatoms. The molecule has 3 aromatic rings. The van der Waals surface area contributed by atoms with Crippen molar-refractivity contribution < 1.29 is 19.1 Å². The van der Waals surface area contributed by atoms with Crippen LogP contribution in [0.3, 0.4) is 0 Å². The molecular weight excluding hydrogens is 404 g/mol. The van der Waals surface area contributed by atoms with E-state index in [0.717, 1.165) is 29.7 Å². The highest BCUT2D eigenvalue weighted by Gasteiger charge is 2.34. The second-order valence-corrected chi connectivity index (χ2v) is 7.84. The predicted molar refractivity (Wildman–Crippen MR) is 120 cm³/mol. The van der Waals surface area contributed by atoms with Gasteiger partial charge in [0.25, 0.3) is 0 Å². The minimum Gasteiger partial charge on any atom is -0.465 e. The molecule has 1 amide bonds. The molecule has 1 aromatic heterocycles. The number of carbonyl (C=O) groups is 2. The average Bonchev–Trinajstić information content (AvgIpc) is 2.87. The average molecular weight is 431 g/mol. The van der Waals surface area contributed by atoms with Crippen LogP contribution in [0.2, 0.25) is 0 Å². The van der Waals surface area contributed by atoms with Crippen LogP contribution in [0, 0.1) is 0 Å². The highest BCUT2D eigenvalue weighted by molar-refractivity contribution is 5.89. The van der Waals surface area contributed by atoms with Crippen molar-refractivity contribution in [2.75, 3.05) is 13.7 Å². The number of pyridine rings is 1. The fraction of sp³-hybridized carbons (Fsp3) is 0.269. The Bertz CT molecular complexity index is 1040. The van der Waals surface area contributed by atoms with Crippen molar-refractivity contribution >= 4 is 12.1 Å². The molecule has 1 saturated heterocycles. The van der Waals surface area contributed by atoms with Crippen molar-refractivity contribution in [1.29, 1.82) is 0 Å². The highest BCUT2D eigenvalue weighted by Crippen LogP contribution is 2.39. The summed E-state index contributed by atoms with van der Waals surface area (Å²) in [6, 6.07) is 22.6. The summed E-state index contributed by atoms with van der Waals surface area (Å²) < 4.78 is 10.4. The maximum atomic E-state index is 13.0. The molecule has 1 fully saturated rings. The monoisotopic (exact) mass is 430 g/mol. The van der Waals surface area contributed by atoms with Gasteiger partial charge in [0.1, 0.15) is 6.61 Å². The van der Waals surface area contributed by atoms with Gasteiger partial charge in [0.15, 0.2) is 0 Å². The van der Waals surface area contributed by atoms with Crippen molar-refractivity contribution in [3.8, 4) is 0 Å². The standard InChI is InChI=1S/C26H26N2O4/c1-31-25(29)21-12-10-20(11-13-21)24-17-22(23-9-5-6-15-27-23)14-16-28(24)26(30)32-18-19-7-3-2-4-8-19/h2-13,15,22,24H,14,16-18H2,1H3/t22-,24-/m1/s1. The van der Waals surface area contributed by atoms with Crippen molar-refractivity contribution in [3.05, 3.63) is 101 Å². The molecule has 164 valence electrons. The van der Waals surface area contributed by atoms with Crippen molar-refractivity contribution in [2.24, 2.45) is 0 Å². The molecule has 2 atom stereocenters. The first kappa shape index (κ1) is 21.6. The zero-order chi connectivity index (χ0) is 22.3. The molecule has 1 aliphatic rings. The molecule has 32 heavy (non-hydrogen) atoms. The van der Waals surface area contributed by atoms with Crippen LogP contribution in [0.15, 0.2) is 79.0 Å². The second-order valence-electron chi connectivity index (χ2n) is 7.84. The lowest BCUT2D eigenvalue weighted by atomic mass is 9.85. The van der Waals surface area contributed by atoms with E-state index in [1.165, 1.54) is 7.11 Å². The Morgan fingerprint density at radius 2 is 1.75 bits per heavy atom. The lowest BCUT2D eigenvalue weighted by Crippen LogP contribution is -2.41. The Morgan fingerprint density at radius 3 is 2.44 bits per heavy atom. The van der Waals surface area contributed by atoms with Gasteiger partial charge in [0.05, 0.1) is 18.7 Å². The van der Waals surface area contributed by atoms with Crippen LogP contribution < -0.4 is 0 Å². The number of ether oxygens (including phenoxy) is 2. The zero-order valence-corrected chi connectivity index (χ0v) is 18.0. The summed E-state index contributed by atoms with van der Waals surface area (Å²) in [5.74, 6) is -0.148. The Balaban J connectivity index is 1.55. The minimum absolute atomic E-state index is 0.175. The summed E-state index contributed by atoms with van der Waals surface area (Å²) in [4.78, 5) is 31.2. The first-order valence-electron chi connectivity index (χ1n) is 10.7. The number of methoxy groups -OCH3 is 1. The van der Waals surface area contributed by atoms with E-state index in [0.29, 0.717) is 12.1 Å². The molecule has 0 aliphatic carbocycles. The summed E-state index contributed by atoms with van der Waals surface area (Å²) >= 11 is 0. The molecule has 0 bridgehead atoms. The van der Waals surface area contributed by atoms with E-state index >= 15 is 0 Å². The number of amides is 1. The minimum atomic E-state index is -0.384. The number of hydrogen-bond acceptors (Lipinski definition) is 5. The van der Waals surface area contributed by atoms with E-state index in [9.17, 15) is 9.59 Å². The number of piperidine rings is 1. The summed E-state index contributed by atoms with van der Waals surface area (Å²) in [7, 11) is 1.36. The molecule has 1 aliphatic heterocycles. The maximum Gasteiger partial charge on any atom is 0.410 e. The predicted octanol–water partition coefficient (Wildman–Crippen LogP) is 5.13. The van der Waals surface area contributed by atoms with Gasteiger partial charge >= 0.3 is 12.1 Å². The smallest absolute Gasteiger partial charge is 0.410 e. The van der Waals surface area contributed by atoms with Crippen LogP contribution in [0.1, 0.15) is 52.0 Å². The van der Waals surface area contributed by atoms with Gasteiger partial charge in [-0.15, -0.1) is 0 Å². The van der Waals surface area contributed by atoms with Crippen LogP contribution >= 0.6 is 0 Å². The van der Waals surface area contributed by atoms with Crippen molar-refractivity contribution in [2.45, 2.75) is 31.4 Å². The van der Waals surface area contributed by atoms with Gasteiger partial charge in [0.2, 0.25) is 0 Å². The number of likely N-dealkylation sites (tertiary alicyclic amines) is 1. The van der Waals surface area contributed by atoms with Gasteiger partial charge in [-0.05, 0) is 48.2 Å². The fourth-order valence-corrected chi connectivity index (χ4v) is 4.15. The summed E-state index contributed by atoms with van der Waals surface area (Å²) in [6.07, 6.45) is 3.01. The molecule has 2 aromatic carbocycles. The van der Waals surface area contributed by atoms with Crippen LogP contribution in [-0.4, -0.2) is 35.6 Å². The number of rotatable bonds is 5. The Kier molecular flexibility index (Phi) is 6.80. The Hall–Kier alpha value is -3.67. The topological polar surface area (TPSA) is 68.7 Å². The largest absolute Gasteiger partial charge is 0.465 e. The number of carbonyl (C=O) groups excluding carboxylic acids is 2. The Labute approximate surface area is 187 Å². The summed E-state index contributed by atoms with van der Waals surface area (Å²) in [6.45, 7) is 0.798. The first-order valence-corrected chi connectivity index (χ1v) is 10.7. The van der Waals surface area contributed by atoms with Crippen molar-refractivity contribution in [1.82, 2.24) is 9.88 Å². The number of benzene rings is 2. The molecular formula is C26H26N2O4. The Morgan fingerprint density at radius 1 is 1.00 bits per heavy atom. The molecule has 6 nitrogen and oxygen atoms in total. The van der Waals surface area contributed by atoms with Crippen LogP contribution in [0.5, 0.6) is 0 Å². The van der Waals surface area contributed by atoms with E-state index < -0.39 is 0 Å². The first-order chi connectivity index (χ1) is 15.7. The quantitative estimate of drug-likeness (QED) is 0.525. The third kappa shape index (κ3) is 4.97. The van der Waals surface area contributed by atoms with Gasteiger partial charge in [0, 0.05) is 24.4 Å². The number of hydrogen-bond donors (Lipinski definition) is 0. The van der Waals surface area contributed by atoms with Gasteiger partial charge in [-0.1, -0.05) is 48.5 Å². The van der Waals surface area contributed by atoms with Crippen LogP contribution in [-0.2, 0) is 16.1 Å². The van der Waals surface area contributed by atoms with E-state index in [4.69, 9.17) is 9.47 Å². The van der Waals surface area contributed by atoms with Crippen LogP contribution in [0.4, 0.5) is 4.79 Å². The van der Waals surface area contributed by atoms with E-state index in [1.54, 1.807) is 23.2 Å². The van der Waals surface area contributed by atoms with Gasteiger partial charge in [-0.25, -0.2) is 9.59 Å². The molecule has 4 rings (SSSR count). The van der Waals surface area contributed by atoms with E-state index in [1.807, 2.05) is 60.7 Å². The summed E-state index contributed by atoms with van der Waals surface area (Å²) in [5.41, 5.74) is 3.41. The van der Waals surface area contributed by atoms with E-state index in [2.05, 4.69) is 4.98 Å². The molecule has 2 heterocycles. The summed E-state index contributed by atoms with van der Waals surface area (Å²) in [5, 5.41) is 0. The number of nitrogens with zero attached hydrogens (tertiary/aromatic N) is 2. The molecule has 0 saturated carbocycles. The third-order valence-corrected chi connectivity index (χ3v) is 5.86. The van der Waals surface area contributed by atoms with Gasteiger partial charge in [-0.3, -0.25) is 4.98 Å². The lowest BCUT2D eigenvalue weighted by Gasteiger charge is -2.39. The fourth-order valence-electron chi connectivity index (χ4n) is 4.15. The zero-order valence-electron chi connectivity index (χ0n) is 18.0. The molecule has 0 unspecified atom stereocenters. The second kappa shape index (κ2) is 10.1. The highest BCUT2D eigenvalue weighted by atomic mass is 16.6. The van der Waals surface area contributed by atoms with Gasteiger partial charge in [-0.2, -0.15) is 0 Å². The normalized spacial score (nSPS) is 18.1. The van der Waals surface area contributed by atoms with Crippen molar-refractivity contribution in [3.63, 3.8) is 0 Å². The van der Waals surface area contributed by atoms with Crippen LogP contribution in [0.25, 0.3) is 0 Å². The number of aromatic nitrogens is 1. The maximum absolute atomic E-state index is 13.0. The molecule has 0 N–H and O–H groups in total. The van der Waals surface area contributed by atoms with E-state index in [-0.39, 0.29) is 30.6 Å². The number of esters is 1. The van der Waals surface area contributed by atoms with Gasteiger partial charge < -0.3 is 14.4 Å². The molecule has 0 spiro atoms. The third-order valence-electron chi connectivity index (χ3n) is 5.86. The SMILES string of the molecule is COC(=O)c1ccc([C@H]2C[C@H](c3ccccn3)CCN2C(=O)OCc2ccccc2)cc1. The molecule has 0 radical (unpaired) electrons.